The monoisotopic (exact) mass is 520 g/mol. The fraction of sp³-hybridized carbons (Fsp3) is 0.222. The van der Waals surface area contributed by atoms with Gasteiger partial charge in [-0.3, -0.25) is 14.5 Å². The standard InChI is InChI=1S/C27H24N2O7S/c1-13-9-14(2)21-19(10-13)37-27(28-21)29-22(15-11-17(33-3)25(35-5)18(12-15)34-4)20(24(31)26(29)32)23(30)16-7-6-8-36-16/h6-12,22,31H,1-5H3/t22-/m1/s1. The average molecular weight is 521 g/mol. The molecule has 0 radical (unpaired) electrons. The first-order valence-electron chi connectivity index (χ1n) is 11.3. The molecule has 0 spiro atoms. The SMILES string of the molecule is COc1cc([C@@H]2C(C(=O)c3ccco3)=C(O)C(=O)N2c2nc3c(C)cc(C)cc3s2)cc(OC)c1OC. The molecule has 9 nitrogen and oxygen atoms in total. The van der Waals surface area contributed by atoms with Gasteiger partial charge >= 0.3 is 0 Å². The van der Waals surface area contributed by atoms with Crippen LogP contribution in [0, 0.1) is 13.8 Å². The second-order valence-corrected chi connectivity index (χ2v) is 9.54. The summed E-state index contributed by atoms with van der Waals surface area (Å²) in [5.74, 6) is -1.04. The fourth-order valence-electron chi connectivity index (χ4n) is 4.61. The Labute approximate surface area is 216 Å². The van der Waals surface area contributed by atoms with Crippen LogP contribution >= 0.6 is 11.3 Å². The van der Waals surface area contributed by atoms with Gasteiger partial charge in [-0.15, -0.1) is 0 Å². The molecular formula is C27H24N2O7S. The van der Waals surface area contributed by atoms with E-state index < -0.39 is 23.5 Å². The Balaban J connectivity index is 1.75. The van der Waals surface area contributed by atoms with E-state index in [1.54, 1.807) is 18.2 Å². The zero-order chi connectivity index (χ0) is 26.4. The Morgan fingerprint density at radius 3 is 2.38 bits per heavy atom. The molecule has 0 bridgehead atoms. The molecule has 1 aliphatic rings. The van der Waals surface area contributed by atoms with Gasteiger partial charge in [-0.25, -0.2) is 4.98 Å². The van der Waals surface area contributed by atoms with Crippen molar-refractivity contribution in [2.45, 2.75) is 19.9 Å². The number of carbonyl (C=O) groups is 2. The number of ether oxygens (including phenoxy) is 3. The fourth-order valence-corrected chi connectivity index (χ4v) is 5.78. The molecule has 10 heteroatoms. The van der Waals surface area contributed by atoms with Crippen molar-refractivity contribution < 1.29 is 33.3 Å². The lowest BCUT2D eigenvalue weighted by Gasteiger charge is -2.25. The van der Waals surface area contributed by atoms with Gasteiger partial charge < -0.3 is 23.7 Å². The smallest absolute Gasteiger partial charge is 0.296 e. The highest BCUT2D eigenvalue weighted by atomic mass is 32.1. The third-order valence-corrected chi connectivity index (χ3v) is 7.23. The van der Waals surface area contributed by atoms with Crippen LogP contribution in [0.3, 0.4) is 0 Å². The Morgan fingerprint density at radius 1 is 1.08 bits per heavy atom. The van der Waals surface area contributed by atoms with E-state index in [4.69, 9.17) is 23.6 Å². The maximum absolute atomic E-state index is 13.5. The van der Waals surface area contributed by atoms with Crippen LogP contribution in [0.25, 0.3) is 10.2 Å². The van der Waals surface area contributed by atoms with Gasteiger partial charge in [0.15, 0.2) is 28.1 Å². The number of aliphatic hydroxyl groups excluding tert-OH is 1. The van der Waals surface area contributed by atoms with Crippen LogP contribution in [0.1, 0.15) is 33.3 Å². The number of benzene rings is 2. The summed E-state index contributed by atoms with van der Waals surface area (Å²) in [7, 11) is 4.42. The molecule has 0 saturated carbocycles. The Hall–Kier alpha value is -4.31. The van der Waals surface area contributed by atoms with Crippen molar-refractivity contribution in [3.05, 3.63) is 76.4 Å². The van der Waals surface area contributed by atoms with Crippen LogP contribution in [-0.4, -0.2) is 43.1 Å². The summed E-state index contributed by atoms with van der Waals surface area (Å²) in [6.07, 6.45) is 1.35. The van der Waals surface area contributed by atoms with Crippen LogP contribution in [-0.2, 0) is 4.79 Å². The number of carbonyl (C=O) groups excluding carboxylic acids is 2. The predicted octanol–water partition coefficient (Wildman–Crippen LogP) is 5.31. The summed E-state index contributed by atoms with van der Waals surface area (Å²) in [5, 5.41) is 11.4. The molecule has 5 rings (SSSR count). The molecule has 1 atom stereocenters. The van der Waals surface area contributed by atoms with Crippen LogP contribution in [0.4, 0.5) is 5.13 Å². The zero-order valence-corrected chi connectivity index (χ0v) is 21.6. The number of Topliss-reactive ketones (excluding diaryl/α,β-unsaturated/α-hetero) is 1. The van der Waals surface area contributed by atoms with Crippen molar-refractivity contribution in [3.63, 3.8) is 0 Å². The molecule has 1 amide bonds. The maximum Gasteiger partial charge on any atom is 0.296 e. The number of methoxy groups -OCH3 is 3. The number of hydrogen-bond donors (Lipinski definition) is 1. The molecule has 3 heterocycles. The lowest BCUT2D eigenvalue weighted by Crippen LogP contribution is -2.31. The lowest BCUT2D eigenvalue weighted by atomic mass is 9.94. The predicted molar refractivity (Wildman–Crippen MR) is 138 cm³/mol. The number of ketones is 1. The number of hydrogen-bond acceptors (Lipinski definition) is 9. The molecule has 0 unspecified atom stereocenters. The largest absolute Gasteiger partial charge is 0.503 e. The van der Waals surface area contributed by atoms with Crippen molar-refractivity contribution in [1.82, 2.24) is 4.98 Å². The number of anilines is 1. The van der Waals surface area contributed by atoms with Gasteiger partial charge in [0.25, 0.3) is 5.91 Å². The van der Waals surface area contributed by atoms with Crippen molar-refractivity contribution in [2.75, 3.05) is 26.2 Å². The van der Waals surface area contributed by atoms with Gasteiger partial charge in [0.05, 0.1) is 49.4 Å². The molecular weight excluding hydrogens is 496 g/mol. The number of aliphatic hydroxyl groups is 1. The first-order valence-corrected chi connectivity index (χ1v) is 12.1. The number of amides is 1. The Bertz CT molecular complexity index is 1540. The van der Waals surface area contributed by atoms with E-state index in [1.165, 1.54) is 49.9 Å². The molecule has 0 saturated heterocycles. The first kappa shape index (κ1) is 24.4. The molecule has 2 aromatic carbocycles. The second-order valence-electron chi connectivity index (χ2n) is 8.53. The van der Waals surface area contributed by atoms with E-state index in [1.807, 2.05) is 26.0 Å². The molecule has 190 valence electrons. The average Bonchev–Trinajstić information content (AvgIpc) is 3.62. The number of aryl methyl sites for hydroxylation is 2. The van der Waals surface area contributed by atoms with Crippen molar-refractivity contribution >= 4 is 38.4 Å². The van der Waals surface area contributed by atoms with E-state index in [-0.39, 0.29) is 11.3 Å². The first-order chi connectivity index (χ1) is 17.8. The summed E-state index contributed by atoms with van der Waals surface area (Å²) in [5.41, 5.74) is 3.07. The number of furan rings is 1. The number of rotatable bonds is 7. The molecule has 4 aromatic rings. The third-order valence-electron chi connectivity index (χ3n) is 6.23. The minimum absolute atomic E-state index is 0.00980. The number of fused-ring (bicyclic) bond motifs is 1. The molecule has 0 aliphatic carbocycles. The van der Waals surface area contributed by atoms with Gasteiger partial charge in [0.2, 0.25) is 11.5 Å². The van der Waals surface area contributed by atoms with Crippen molar-refractivity contribution in [2.24, 2.45) is 0 Å². The maximum atomic E-state index is 13.5. The van der Waals surface area contributed by atoms with E-state index in [0.717, 1.165) is 21.3 Å². The number of thiazole rings is 1. The lowest BCUT2D eigenvalue weighted by molar-refractivity contribution is -0.117. The number of aromatic nitrogens is 1. The summed E-state index contributed by atoms with van der Waals surface area (Å²) in [4.78, 5) is 33.1. The van der Waals surface area contributed by atoms with Gasteiger partial charge in [-0.2, -0.15) is 0 Å². The number of nitrogens with zero attached hydrogens (tertiary/aromatic N) is 2. The highest BCUT2D eigenvalue weighted by molar-refractivity contribution is 7.22. The normalized spacial score (nSPS) is 15.5. The van der Waals surface area contributed by atoms with E-state index >= 15 is 0 Å². The Kier molecular flexibility index (Phi) is 6.12. The van der Waals surface area contributed by atoms with Gasteiger partial charge in [0, 0.05) is 0 Å². The Morgan fingerprint density at radius 2 is 1.78 bits per heavy atom. The summed E-state index contributed by atoms with van der Waals surface area (Å²) in [6, 6.07) is 9.28. The minimum atomic E-state index is -1.04. The van der Waals surface area contributed by atoms with Crippen LogP contribution in [0.2, 0.25) is 0 Å². The minimum Gasteiger partial charge on any atom is -0.503 e. The van der Waals surface area contributed by atoms with Crippen LogP contribution in [0.15, 0.2) is 58.4 Å². The summed E-state index contributed by atoms with van der Waals surface area (Å²) in [6.45, 7) is 3.93. The van der Waals surface area contributed by atoms with E-state index in [9.17, 15) is 14.7 Å². The van der Waals surface area contributed by atoms with E-state index in [2.05, 4.69) is 0 Å². The van der Waals surface area contributed by atoms with Crippen LogP contribution < -0.4 is 19.1 Å². The molecule has 1 aliphatic heterocycles. The molecule has 2 aromatic heterocycles. The quantitative estimate of drug-likeness (QED) is 0.326. The molecule has 37 heavy (non-hydrogen) atoms. The topological polar surface area (TPSA) is 111 Å². The third kappa shape index (κ3) is 3.89. The van der Waals surface area contributed by atoms with Crippen LogP contribution in [0.5, 0.6) is 17.2 Å². The summed E-state index contributed by atoms with van der Waals surface area (Å²) >= 11 is 1.30. The zero-order valence-electron chi connectivity index (χ0n) is 20.8. The van der Waals surface area contributed by atoms with Gasteiger partial charge in [-0.05, 0) is 60.9 Å². The second kappa shape index (κ2) is 9.29. The summed E-state index contributed by atoms with van der Waals surface area (Å²) < 4.78 is 22.7. The van der Waals surface area contributed by atoms with Crippen molar-refractivity contribution in [3.8, 4) is 17.2 Å². The van der Waals surface area contributed by atoms with E-state index in [0.29, 0.717) is 27.9 Å². The molecule has 0 fully saturated rings. The molecule has 1 N–H and O–H groups in total. The highest BCUT2D eigenvalue weighted by Gasteiger charge is 2.47. The van der Waals surface area contributed by atoms with Gasteiger partial charge in [-0.1, -0.05) is 17.4 Å². The van der Waals surface area contributed by atoms with Gasteiger partial charge in [0.1, 0.15) is 0 Å². The highest BCUT2D eigenvalue weighted by Crippen LogP contribution is 2.48. The van der Waals surface area contributed by atoms with Crippen molar-refractivity contribution in [1.29, 1.82) is 0 Å².